The fourth-order valence-corrected chi connectivity index (χ4v) is 8.49. The Hall–Kier alpha value is -4.46. The Balaban J connectivity index is 0.000000192. The van der Waals surface area contributed by atoms with Gasteiger partial charge in [-0.25, -0.2) is 0 Å². The smallest absolute Gasteiger partial charge is 0.0799 e. The van der Waals surface area contributed by atoms with Gasteiger partial charge in [-0.1, -0.05) is 118 Å². The van der Waals surface area contributed by atoms with E-state index >= 15 is 0 Å². The van der Waals surface area contributed by atoms with Gasteiger partial charge in [0.05, 0.1) is 14.1 Å². The third-order valence-electron chi connectivity index (χ3n) is 9.61. The van der Waals surface area contributed by atoms with Crippen molar-refractivity contribution in [1.82, 2.24) is 9.97 Å². The number of hydrogen-bond donors (Lipinski definition) is 0. The second kappa shape index (κ2) is 17.0. The first-order valence-electron chi connectivity index (χ1n) is 17.3. The van der Waals surface area contributed by atoms with Crippen LogP contribution in [0.3, 0.4) is 0 Å². The second-order valence-corrected chi connectivity index (χ2v) is 19.0. The normalized spacial score (nSPS) is 13.3. The number of pyridine rings is 2. The molecule has 0 N–H and O–H groups in total. The van der Waals surface area contributed by atoms with Crippen LogP contribution in [0.2, 0.25) is 19.6 Å². The average molecular weight is 846 g/mol. The van der Waals surface area contributed by atoms with Crippen LogP contribution in [0.15, 0.2) is 128 Å². The van der Waals surface area contributed by atoms with Crippen molar-refractivity contribution in [3.8, 4) is 50.8 Å². The summed E-state index contributed by atoms with van der Waals surface area (Å²) in [5, 5.41) is 10.7. The van der Waals surface area contributed by atoms with Crippen molar-refractivity contribution in [2.75, 3.05) is 0 Å². The molecule has 3 nitrogen and oxygen atoms in total. The van der Waals surface area contributed by atoms with Crippen LogP contribution in [0.5, 0.6) is 0 Å². The third kappa shape index (κ3) is 8.81. The zero-order chi connectivity index (χ0) is 34.2. The van der Waals surface area contributed by atoms with Gasteiger partial charge in [0.1, 0.15) is 0 Å². The summed E-state index contributed by atoms with van der Waals surface area (Å²) in [6.45, 7) is 9.74. The number of nitriles is 1. The van der Waals surface area contributed by atoms with Crippen LogP contribution in [-0.4, -0.2) is 18.0 Å². The predicted octanol–water partition coefficient (Wildman–Crippen LogP) is 11.1. The fraction of sp³-hybridized carbons (Fsp3) is 0.222. The Kier molecular flexibility index (Phi) is 12.5. The van der Waals surface area contributed by atoms with Gasteiger partial charge < -0.3 is 9.97 Å². The Morgan fingerprint density at radius 2 is 1.30 bits per heavy atom. The van der Waals surface area contributed by atoms with Crippen molar-refractivity contribution in [1.29, 1.82) is 5.26 Å². The van der Waals surface area contributed by atoms with E-state index in [0.717, 1.165) is 50.7 Å². The van der Waals surface area contributed by atoms with Gasteiger partial charge in [-0.15, -0.1) is 65.7 Å². The number of nitrogens with zero attached hydrogens (tertiary/aromatic N) is 3. The molecule has 50 heavy (non-hydrogen) atoms. The quantitative estimate of drug-likeness (QED) is 0.119. The van der Waals surface area contributed by atoms with Gasteiger partial charge in [-0.05, 0) is 63.5 Å². The van der Waals surface area contributed by atoms with Crippen LogP contribution in [0.1, 0.15) is 49.7 Å². The molecule has 0 saturated heterocycles. The van der Waals surface area contributed by atoms with E-state index in [1.54, 1.807) is 17.7 Å². The zero-order valence-electron chi connectivity index (χ0n) is 29.3. The maximum absolute atomic E-state index is 9.15. The Morgan fingerprint density at radius 3 is 1.92 bits per heavy atom. The van der Waals surface area contributed by atoms with E-state index in [1.165, 1.54) is 30.9 Å². The van der Waals surface area contributed by atoms with Crippen molar-refractivity contribution < 1.29 is 20.1 Å². The number of aromatic nitrogens is 2. The molecular weight excluding hydrogens is 803 g/mol. The van der Waals surface area contributed by atoms with Crippen molar-refractivity contribution in [3.63, 3.8) is 0 Å². The molecule has 5 heteroatoms. The third-order valence-corrected chi connectivity index (χ3v) is 11.6. The van der Waals surface area contributed by atoms with Gasteiger partial charge in [0, 0.05) is 38.1 Å². The minimum atomic E-state index is -1.39. The van der Waals surface area contributed by atoms with E-state index in [9.17, 15) is 0 Å². The Bertz CT molecular complexity index is 2030. The van der Waals surface area contributed by atoms with E-state index in [1.807, 2.05) is 60.8 Å². The molecule has 1 saturated carbocycles. The molecule has 2 heterocycles. The summed E-state index contributed by atoms with van der Waals surface area (Å²) < 4.78 is 0. The monoisotopic (exact) mass is 846 g/mol. The number of hydrogen-bond acceptors (Lipinski definition) is 3. The zero-order valence-corrected chi connectivity index (χ0v) is 32.7. The fourth-order valence-electron chi connectivity index (χ4n) is 6.88. The van der Waals surface area contributed by atoms with Crippen molar-refractivity contribution >= 4 is 13.3 Å². The van der Waals surface area contributed by atoms with Crippen LogP contribution in [0, 0.1) is 29.4 Å². The van der Waals surface area contributed by atoms with Crippen LogP contribution >= 0.6 is 0 Å². The van der Waals surface area contributed by atoms with Crippen LogP contribution in [0.4, 0.5) is 0 Å². The molecule has 253 valence electrons. The summed E-state index contributed by atoms with van der Waals surface area (Å²) in [6, 6.07) is 47.2. The standard InChI is InChI=1S/C24H15N2.C21H28NSi.Ir/c25-16-18-8-7-13-21(14-18)24-15-22(19-9-3-1-4-10-19)23(17-26-24)20-11-5-2-6-12-20;1-16(17-10-8-9-11-17)19-14-20(18-12-6-5-7-13-18)22-15-21(19)23(2,3)4;/h1-12,14-15,17H;5-7,12,14-17H,8-11H2,1-4H3;/q2*-1;. The van der Waals surface area contributed by atoms with Gasteiger partial charge in [0.15, 0.2) is 0 Å². The first-order valence-corrected chi connectivity index (χ1v) is 20.8. The average Bonchev–Trinajstić information content (AvgIpc) is 3.70. The molecule has 1 fully saturated rings. The largest absolute Gasteiger partial charge is 0.305 e. The van der Waals surface area contributed by atoms with E-state index in [4.69, 9.17) is 10.2 Å². The van der Waals surface area contributed by atoms with Gasteiger partial charge >= 0.3 is 0 Å². The van der Waals surface area contributed by atoms with Crippen LogP contribution in [-0.2, 0) is 20.1 Å². The van der Waals surface area contributed by atoms with Gasteiger partial charge in [-0.3, -0.25) is 0 Å². The molecule has 6 aromatic rings. The summed E-state index contributed by atoms with van der Waals surface area (Å²) in [5.74, 6) is 1.49. The summed E-state index contributed by atoms with van der Waals surface area (Å²) in [6.07, 6.45) is 9.66. The molecule has 1 atom stereocenters. The van der Waals surface area contributed by atoms with E-state index in [0.29, 0.717) is 11.5 Å². The predicted molar refractivity (Wildman–Crippen MR) is 206 cm³/mol. The summed E-state index contributed by atoms with van der Waals surface area (Å²) in [4.78, 5) is 9.43. The minimum Gasteiger partial charge on any atom is -0.305 e. The van der Waals surface area contributed by atoms with E-state index < -0.39 is 8.07 Å². The van der Waals surface area contributed by atoms with Gasteiger partial charge in [-0.2, -0.15) is 5.26 Å². The molecule has 0 spiro atoms. The molecule has 1 radical (unpaired) electrons. The Morgan fingerprint density at radius 1 is 0.700 bits per heavy atom. The topological polar surface area (TPSA) is 49.6 Å². The SMILES string of the molecule is CC(c1cc(-c2[c-]cccc2)ncc1[Si](C)(C)C)C1CCCC1.N#Cc1cc[c-]c(-c2cc(-c3ccccc3)c(-c3ccccc3)cn2)c1.[Ir]. The molecule has 2 aromatic heterocycles. The summed E-state index contributed by atoms with van der Waals surface area (Å²) >= 11 is 0. The molecule has 1 aliphatic rings. The molecular formula is C45H43IrN3Si-2. The first kappa shape index (κ1) is 36.8. The summed E-state index contributed by atoms with van der Waals surface area (Å²) in [5.41, 5.74) is 10.4. The maximum Gasteiger partial charge on any atom is 0.0799 e. The number of rotatable bonds is 7. The van der Waals surface area contributed by atoms with Crippen LogP contribution in [0.25, 0.3) is 44.8 Å². The molecule has 7 rings (SSSR count). The molecule has 0 bridgehead atoms. The van der Waals surface area contributed by atoms with E-state index in [2.05, 4.69) is 104 Å². The molecule has 1 aliphatic carbocycles. The summed E-state index contributed by atoms with van der Waals surface area (Å²) in [7, 11) is -1.39. The second-order valence-electron chi connectivity index (χ2n) is 14.0. The molecule has 0 amide bonds. The molecule has 1 unspecified atom stereocenters. The minimum absolute atomic E-state index is 0. The van der Waals surface area contributed by atoms with Crippen LogP contribution < -0.4 is 5.19 Å². The van der Waals surface area contributed by atoms with Gasteiger partial charge in [0.2, 0.25) is 0 Å². The van der Waals surface area contributed by atoms with E-state index in [-0.39, 0.29) is 20.1 Å². The van der Waals surface area contributed by atoms with Crippen molar-refractivity contribution in [3.05, 3.63) is 151 Å². The number of benzene rings is 4. The molecule has 0 aliphatic heterocycles. The van der Waals surface area contributed by atoms with Crippen molar-refractivity contribution in [2.24, 2.45) is 5.92 Å². The van der Waals surface area contributed by atoms with Crippen molar-refractivity contribution in [2.45, 2.75) is 58.2 Å². The molecule has 4 aromatic carbocycles. The van der Waals surface area contributed by atoms with Gasteiger partial charge in [0.25, 0.3) is 0 Å². The maximum atomic E-state index is 9.15. The Labute approximate surface area is 312 Å². The first-order chi connectivity index (χ1) is 23.8.